The first-order chi connectivity index (χ1) is 13.5. The van der Waals surface area contributed by atoms with E-state index < -0.39 is 0 Å². The van der Waals surface area contributed by atoms with Gasteiger partial charge in [-0.2, -0.15) is 0 Å². The third-order valence-electron chi connectivity index (χ3n) is 3.91. The van der Waals surface area contributed by atoms with E-state index in [1.807, 2.05) is 6.92 Å². The predicted octanol–water partition coefficient (Wildman–Crippen LogP) is 3.84. The van der Waals surface area contributed by atoms with Crippen molar-refractivity contribution >= 4 is 11.8 Å². The number of nitrogens with zero attached hydrogens (tertiary/aromatic N) is 5. The van der Waals surface area contributed by atoms with Crippen LogP contribution in [0.2, 0.25) is 0 Å². The largest absolute Gasteiger partial charge is 0.419 e. The number of halogens is 2. The summed E-state index contributed by atoms with van der Waals surface area (Å²) in [6.45, 7) is 1.85. The minimum atomic E-state index is -0.387. The predicted molar refractivity (Wildman–Crippen MR) is 99.5 cm³/mol. The monoisotopic (exact) mass is 400 g/mol. The molecule has 0 aliphatic rings. The quantitative estimate of drug-likeness (QED) is 0.402. The van der Waals surface area contributed by atoms with Crippen molar-refractivity contribution in [2.75, 3.05) is 5.84 Å². The standard InChI is InChI=1S/C18H14F2N6OS/c1-10(16-23-24-17(27-16)11-5-7-13(19)8-6-11)28-18-25-22-15(26(18)21)12-3-2-4-14(20)9-12/h2-10H,21H2,1H3/t10-/m1/s1. The maximum atomic E-state index is 13.4. The summed E-state index contributed by atoms with van der Waals surface area (Å²) in [4.78, 5) is 0. The lowest BCUT2D eigenvalue weighted by Crippen LogP contribution is -2.12. The Morgan fingerprint density at radius 2 is 1.75 bits per heavy atom. The molecule has 0 aliphatic carbocycles. The van der Waals surface area contributed by atoms with Gasteiger partial charge in [-0.25, -0.2) is 13.5 Å². The van der Waals surface area contributed by atoms with Crippen molar-refractivity contribution < 1.29 is 13.2 Å². The first kappa shape index (κ1) is 18.1. The Hall–Kier alpha value is -3.27. The van der Waals surface area contributed by atoms with E-state index in [1.54, 1.807) is 24.3 Å². The van der Waals surface area contributed by atoms with Gasteiger partial charge in [-0.15, -0.1) is 20.4 Å². The Morgan fingerprint density at radius 1 is 0.964 bits per heavy atom. The molecule has 0 saturated heterocycles. The summed E-state index contributed by atoms with van der Waals surface area (Å²) in [6.07, 6.45) is 0. The number of hydrogen-bond acceptors (Lipinski definition) is 7. The number of nitrogen functional groups attached to an aromatic ring is 1. The Morgan fingerprint density at radius 3 is 2.50 bits per heavy atom. The van der Waals surface area contributed by atoms with Crippen LogP contribution < -0.4 is 5.84 Å². The van der Waals surface area contributed by atoms with E-state index in [4.69, 9.17) is 10.3 Å². The first-order valence-corrected chi connectivity index (χ1v) is 9.11. The normalized spacial score (nSPS) is 12.2. The molecule has 2 heterocycles. The molecule has 10 heteroatoms. The van der Waals surface area contributed by atoms with Crippen LogP contribution in [0.1, 0.15) is 18.1 Å². The molecule has 0 saturated carbocycles. The second kappa shape index (κ2) is 7.39. The Kier molecular flexibility index (Phi) is 4.78. The summed E-state index contributed by atoms with van der Waals surface area (Å²) in [5.74, 6) is 6.33. The smallest absolute Gasteiger partial charge is 0.247 e. The number of aromatic nitrogens is 5. The topological polar surface area (TPSA) is 95.7 Å². The number of hydrogen-bond donors (Lipinski definition) is 1. The number of benzene rings is 2. The van der Waals surface area contributed by atoms with Crippen molar-refractivity contribution in [1.29, 1.82) is 0 Å². The van der Waals surface area contributed by atoms with Crippen molar-refractivity contribution in [2.45, 2.75) is 17.3 Å². The average Bonchev–Trinajstić information content (AvgIpc) is 3.30. The molecule has 0 radical (unpaired) electrons. The van der Waals surface area contributed by atoms with Crippen LogP contribution in [-0.4, -0.2) is 25.1 Å². The van der Waals surface area contributed by atoms with Crippen LogP contribution in [0.3, 0.4) is 0 Å². The van der Waals surface area contributed by atoms with Crippen LogP contribution in [0.4, 0.5) is 8.78 Å². The zero-order valence-corrected chi connectivity index (χ0v) is 15.4. The van der Waals surface area contributed by atoms with Gasteiger partial charge < -0.3 is 10.3 Å². The van der Waals surface area contributed by atoms with Gasteiger partial charge in [0.15, 0.2) is 5.82 Å². The molecule has 7 nitrogen and oxygen atoms in total. The van der Waals surface area contributed by atoms with E-state index in [-0.39, 0.29) is 22.8 Å². The lowest BCUT2D eigenvalue weighted by atomic mass is 10.2. The van der Waals surface area contributed by atoms with Crippen molar-refractivity contribution in [2.24, 2.45) is 0 Å². The molecule has 0 unspecified atom stereocenters. The summed E-state index contributed by atoms with van der Waals surface area (Å²) >= 11 is 1.27. The fraction of sp³-hybridized carbons (Fsp3) is 0.111. The highest BCUT2D eigenvalue weighted by molar-refractivity contribution is 7.99. The lowest BCUT2D eigenvalue weighted by molar-refractivity contribution is 0.508. The highest BCUT2D eigenvalue weighted by Crippen LogP contribution is 2.34. The Bertz CT molecular complexity index is 1110. The highest BCUT2D eigenvalue weighted by Gasteiger charge is 2.21. The van der Waals surface area contributed by atoms with Crippen molar-refractivity contribution in [3.05, 3.63) is 66.1 Å². The molecule has 142 valence electrons. The molecule has 4 rings (SSSR count). The molecule has 28 heavy (non-hydrogen) atoms. The Labute approximate surface area is 162 Å². The van der Waals surface area contributed by atoms with E-state index in [1.165, 1.54) is 40.7 Å². The first-order valence-electron chi connectivity index (χ1n) is 8.23. The van der Waals surface area contributed by atoms with Crippen LogP contribution in [0.5, 0.6) is 0 Å². The summed E-state index contributed by atoms with van der Waals surface area (Å²) < 4.78 is 33.4. The zero-order chi connectivity index (χ0) is 19.7. The van der Waals surface area contributed by atoms with E-state index >= 15 is 0 Å². The van der Waals surface area contributed by atoms with Crippen LogP contribution in [-0.2, 0) is 0 Å². The minimum Gasteiger partial charge on any atom is -0.419 e. The van der Waals surface area contributed by atoms with Crippen LogP contribution >= 0.6 is 11.8 Å². The summed E-state index contributed by atoms with van der Waals surface area (Å²) in [7, 11) is 0. The van der Waals surface area contributed by atoms with Gasteiger partial charge in [0.05, 0.1) is 5.25 Å². The molecule has 2 aromatic carbocycles. The zero-order valence-electron chi connectivity index (χ0n) is 14.6. The van der Waals surface area contributed by atoms with E-state index in [0.29, 0.717) is 28.0 Å². The number of nitrogens with two attached hydrogens (primary N) is 1. The highest BCUT2D eigenvalue weighted by atomic mass is 32.2. The van der Waals surface area contributed by atoms with E-state index in [9.17, 15) is 8.78 Å². The molecular formula is C18H14F2N6OS. The number of thioether (sulfide) groups is 1. The molecule has 0 amide bonds. The van der Waals surface area contributed by atoms with Crippen LogP contribution in [0.25, 0.3) is 22.8 Å². The molecule has 0 fully saturated rings. The molecule has 2 N–H and O–H groups in total. The van der Waals surface area contributed by atoms with E-state index in [2.05, 4.69) is 20.4 Å². The SMILES string of the molecule is C[C@@H](Sc1nnc(-c2cccc(F)c2)n1N)c1nnc(-c2ccc(F)cc2)o1. The van der Waals surface area contributed by atoms with Gasteiger partial charge in [0.1, 0.15) is 11.6 Å². The second-order valence-electron chi connectivity index (χ2n) is 5.90. The van der Waals surface area contributed by atoms with Gasteiger partial charge in [-0.1, -0.05) is 23.9 Å². The molecule has 2 aromatic heterocycles. The molecule has 1 atom stereocenters. The summed E-state index contributed by atoms with van der Waals surface area (Å²) in [5.41, 5.74) is 1.14. The van der Waals surface area contributed by atoms with Gasteiger partial charge >= 0.3 is 0 Å². The van der Waals surface area contributed by atoms with Crippen LogP contribution in [0, 0.1) is 11.6 Å². The van der Waals surface area contributed by atoms with Gasteiger partial charge in [-0.05, 0) is 43.3 Å². The van der Waals surface area contributed by atoms with Gasteiger partial charge in [-0.3, -0.25) is 0 Å². The van der Waals surface area contributed by atoms with Crippen LogP contribution in [0.15, 0.2) is 58.1 Å². The third-order valence-corrected chi connectivity index (χ3v) is 4.95. The van der Waals surface area contributed by atoms with Crippen molar-refractivity contribution in [3.63, 3.8) is 0 Å². The van der Waals surface area contributed by atoms with Gasteiger partial charge in [0, 0.05) is 11.1 Å². The maximum absolute atomic E-state index is 13.4. The van der Waals surface area contributed by atoms with Crippen molar-refractivity contribution in [3.8, 4) is 22.8 Å². The Balaban J connectivity index is 1.53. The van der Waals surface area contributed by atoms with Gasteiger partial charge in [0.2, 0.25) is 16.9 Å². The minimum absolute atomic E-state index is 0.270. The fourth-order valence-corrected chi connectivity index (χ4v) is 3.30. The molecular weight excluding hydrogens is 386 g/mol. The molecule has 4 aromatic rings. The number of rotatable bonds is 5. The fourth-order valence-electron chi connectivity index (χ4n) is 2.50. The summed E-state index contributed by atoms with van der Waals surface area (Å²) in [5, 5.41) is 16.3. The third kappa shape index (κ3) is 3.58. The maximum Gasteiger partial charge on any atom is 0.247 e. The second-order valence-corrected chi connectivity index (χ2v) is 7.21. The average molecular weight is 400 g/mol. The molecule has 0 bridgehead atoms. The summed E-state index contributed by atoms with van der Waals surface area (Å²) in [6, 6.07) is 11.7. The lowest BCUT2D eigenvalue weighted by Gasteiger charge is -2.06. The van der Waals surface area contributed by atoms with Gasteiger partial charge in [0.25, 0.3) is 0 Å². The van der Waals surface area contributed by atoms with E-state index in [0.717, 1.165) is 0 Å². The van der Waals surface area contributed by atoms with Crippen molar-refractivity contribution in [1.82, 2.24) is 25.1 Å². The molecule has 0 aliphatic heterocycles. The molecule has 0 spiro atoms.